The molecule has 1 aliphatic carbocycles. The van der Waals surface area contributed by atoms with E-state index >= 15 is 0 Å². The number of carbonyl (C=O) groups is 1. The Morgan fingerprint density at radius 1 is 1.25 bits per heavy atom. The lowest BCUT2D eigenvalue weighted by Crippen LogP contribution is -2.41. The van der Waals surface area contributed by atoms with Crippen LogP contribution in [0, 0.1) is 5.92 Å². The van der Waals surface area contributed by atoms with Crippen molar-refractivity contribution in [2.24, 2.45) is 11.7 Å². The molecule has 3 N–H and O–H groups in total. The molecular weight excluding hydrogens is 269 g/mol. The highest BCUT2D eigenvalue weighted by molar-refractivity contribution is 5.93. The van der Waals surface area contributed by atoms with Crippen LogP contribution < -0.4 is 11.1 Å². The van der Waals surface area contributed by atoms with Gasteiger partial charge >= 0.3 is 6.18 Å². The van der Waals surface area contributed by atoms with Gasteiger partial charge in [0.2, 0.25) is 5.91 Å². The Morgan fingerprint density at radius 3 is 2.60 bits per heavy atom. The van der Waals surface area contributed by atoms with E-state index in [9.17, 15) is 18.0 Å². The summed E-state index contributed by atoms with van der Waals surface area (Å²) in [4.78, 5) is 11.1. The largest absolute Gasteiger partial charge is 0.393 e. The van der Waals surface area contributed by atoms with Gasteiger partial charge in [0, 0.05) is 17.3 Å². The first-order chi connectivity index (χ1) is 9.38. The number of hydrogen-bond donors (Lipinski definition) is 2. The highest BCUT2D eigenvalue weighted by Gasteiger charge is 2.45. The predicted molar refractivity (Wildman–Crippen MR) is 70.4 cm³/mol. The standard InChI is InChI=1S/C14H17F3N2O/c15-14(16,17)11-6-1-2-7-12(11)19-10-5-3-4-9(8-10)13(18)20/h3-5,8,11-12,19H,1-2,6-7H2,(H2,18,20). The number of primary amides is 1. The lowest BCUT2D eigenvalue weighted by Gasteiger charge is -2.34. The second-order valence-electron chi connectivity index (χ2n) is 5.13. The average Bonchev–Trinajstić information content (AvgIpc) is 2.38. The fourth-order valence-corrected chi connectivity index (χ4v) is 2.67. The highest BCUT2D eigenvalue weighted by atomic mass is 19.4. The van der Waals surface area contributed by atoms with Crippen LogP contribution in [0.15, 0.2) is 24.3 Å². The third kappa shape index (κ3) is 3.43. The van der Waals surface area contributed by atoms with Crippen molar-refractivity contribution in [2.45, 2.75) is 37.9 Å². The quantitative estimate of drug-likeness (QED) is 0.895. The minimum Gasteiger partial charge on any atom is -0.382 e. The van der Waals surface area contributed by atoms with Crippen molar-refractivity contribution in [3.05, 3.63) is 29.8 Å². The van der Waals surface area contributed by atoms with Crippen LogP contribution in [-0.4, -0.2) is 18.1 Å². The smallest absolute Gasteiger partial charge is 0.382 e. The van der Waals surface area contributed by atoms with Crippen molar-refractivity contribution in [1.29, 1.82) is 0 Å². The number of rotatable bonds is 3. The second kappa shape index (κ2) is 5.73. The van der Waals surface area contributed by atoms with Gasteiger partial charge < -0.3 is 11.1 Å². The van der Waals surface area contributed by atoms with Crippen LogP contribution in [0.1, 0.15) is 36.0 Å². The van der Waals surface area contributed by atoms with Gasteiger partial charge in [-0.25, -0.2) is 0 Å². The number of amides is 1. The van der Waals surface area contributed by atoms with E-state index in [2.05, 4.69) is 5.32 Å². The van der Waals surface area contributed by atoms with Gasteiger partial charge in [-0.2, -0.15) is 13.2 Å². The minimum atomic E-state index is -4.20. The fourth-order valence-electron chi connectivity index (χ4n) is 2.67. The molecule has 6 heteroatoms. The fraction of sp³-hybridized carbons (Fsp3) is 0.500. The monoisotopic (exact) mass is 286 g/mol. The van der Waals surface area contributed by atoms with Crippen molar-refractivity contribution in [2.75, 3.05) is 5.32 Å². The first kappa shape index (κ1) is 14.7. The Balaban J connectivity index is 2.14. The molecule has 1 amide bonds. The summed E-state index contributed by atoms with van der Waals surface area (Å²) in [5.74, 6) is -1.93. The van der Waals surface area contributed by atoms with E-state index in [0.717, 1.165) is 6.42 Å². The van der Waals surface area contributed by atoms with Crippen molar-refractivity contribution >= 4 is 11.6 Å². The summed E-state index contributed by atoms with van der Waals surface area (Å²) < 4.78 is 39.0. The van der Waals surface area contributed by atoms with Gasteiger partial charge in [0.25, 0.3) is 0 Å². The summed E-state index contributed by atoms with van der Waals surface area (Å²) in [7, 11) is 0. The van der Waals surface area contributed by atoms with Crippen LogP contribution in [0.3, 0.4) is 0 Å². The summed E-state index contributed by atoms with van der Waals surface area (Å²) in [6.07, 6.45) is -2.19. The number of halogens is 3. The summed E-state index contributed by atoms with van der Waals surface area (Å²) in [5.41, 5.74) is 5.95. The molecule has 1 saturated carbocycles. The Bertz CT molecular complexity index is 488. The Morgan fingerprint density at radius 2 is 1.95 bits per heavy atom. The summed E-state index contributed by atoms with van der Waals surface area (Å²) in [6, 6.07) is 5.63. The Labute approximate surface area is 115 Å². The van der Waals surface area contributed by atoms with Gasteiger partial charge in [-0.3, -0.25) is 4.79 Å². The van der Waals surface area contributed by atoms with E-state index in [1.807, 2.05) is 0 Å². The molecule has 1 aliphatic rings. The third-order valence-electron chi connectivity index (χ3n) is 3.69. The molecule has 2 rings (SSSR count). The maximum Gasteiger partial charge on any atom is 0.393 e. The van der Waals surface area contributed by atoms with Gasteiger partial charge in [0.15, 0.2) is 0 Å². The van der Waals surface area contributed by atoms with E-state index in [4.69, 9.17) is 5.73 Å². The molecule has 110 valence electrons. The third-order valence-corrected chi connectivity index (χ3v) is 3.69. The number of hydrogen-bond acceptors (Lipinski definition) is 2. The highest BCUT2D eigenvalue weighted by Crippen LogP contribution is 2.39. The zero-order valence-electron chi connectivity index (χ0n) is 10.9. The summed E-state index contributed by atoms with van der Waals surface area (Å²) in [6.45, 7) is 0. The molecule has 0 radical (unpaired) electrons. The van der Waals surface area contributed by atoms with E-state index in [1.165, 1.54) is 12.1 Å². The normalized spacial score (nSPS) is 23.4. The number of nitrogens with one attached hydrogen (secondary N) is 1. The molecule has 0 aromatic heterocycles. The van der Waals surface area contributed by atoms with Crippen molar-refractivity contribution in [3.63, 3.8) is 0 Å². The average molecular weight is 286 g/mol. The van der Waals surface area contributed by atoms with Gasteiger partial charge in [-0.15, -0.1) is 0 Å². The van der Waals surface area contributed by atoms with Crippen LogP contribution in [0.4, 0.5) is 18.9 Å². The molecule has 0 heterocycles. The minimum absolute atomic E-state index is 0.149. The van der Waals surface area contributed by atoms with Crippen molar-refractivity contribution in [3.8, 4) is 0 Å². The maximum atomic E-state index is 13.0. The molecule has 1 aromatic carbocycles. The lowest BCUT2D eigenvalue weighted by molar-refractivity contribution is -0.184. The molecular formula is C14H17F3N2O. The molecule has 0 saturated heterocycles. The van der Waals surface area contributed by atoms with E-state index < -0.39 is 24.0 Å². The van der Waals surface area contributed by atoms with Crippen LogP contribution in [0.5, 0.6) is 0 Å². The van der Waals surface area contributed by atoms with E-state index in [0.29, 0.717) is 18.5 Å². The van der Waals surface area contributed by atoms with Crippen LogP contribution in [0.2, 0.25) is 0 Å². The molecule has 0 spiro atoms. The number of nitrogens with two attached hydrogens (primary N) is 1. The first-order valence-electron chi connectivity index (χ1n) is 6.61. The maximum absolute atomic E-state index is 13.0. The van der Waals surface area contributed by atoms with Crippen molar-refractivity contribution < 1.29 is 18.0 Å². The molecule has 20 heavy (non-hydrogen) atoms. The van der Waals surface area contributed by atoms with Crippen LogP contribution >= 0.6 is 0 Å². The zero-order valence-corrected chi connectivity index (χ0v) is 10.9. The second-order valence-corrected chi connectivity index (χ2v) is 5.13. The Hall–Kier alpha value is -1.72. The van der Waals surface area contributed by atoms with Gasteiger partial charge in [0.05, 0.1) is 5.92 Å². The lowest BCUT2D eigenvalue weighted by atomic mass is 9.84. The molecule has 3 nitrogen and oxygen atoms in total. The summed E-state index contributed by atoms with van der Waals surface area (Å²) >= 11 is 0. The number of carbonyl (C=O) groups excluding carboxylic acids is 1. The topological polar surface area (TPSA) is 55.1 Å². The zero-order chi connectivity index (χ0) is 14.8. The SMILES string of the molecule is NC(=O)c1cccc(NC2CCCCC2C(F)(F)F)c1. The number of anilines is 1. The van der Waals surface area contributed by atoms with Crippen LogP contribution in [-0.2, 0) is 0 Å². The van der Waals surface area contributed by atoms with E-state index in [1.54, 1.807) is 12.1 Å². The van der Waals surface area contributed by atoms with Crippen LogP contribution in [0.25, 0.3) is 0 Å². The molecule has 0 aliphatic heterocycles. The predicted octanol–water partition coefficient (Wildman–Crippen LogP) is 3.32. The van der Waals surface area contributed by atoms with Crippen molar-refractivity contribution in [1.82, 2.24) is 0 Å². The molecule has 0 bridgehead atoms. The van der Waals surface area contributed by atoms with E-state index in [-0.39, 0.29) is 12.0 Å². The molecule has 1 aromatic rings. The first-order valence-corrected chi connectivity index (χ1v) is 6.61. The number of alkyl halides is 3. The molecule has 2 unspecified atom stereocenters. The van der Waals surface area contributed by atoms with Gasteiger partial charge in [-0.1, -0.05) is 18.9 Å². The number of benzene rings is 1. The molecule has 1 fully saturated rings. The summed E-state index contributed by atoms with van der Waals surface area (Å²) in [5, 5.41) is 2.90. The molecule has 2 atom stereocenters. The van der Waals surface area contributed by atoms with Gasteiger partial charge in [-0.05, 0) is 31.0 Å². The van der Waals surface area contributed by atoms with Gasteiger partial charge in [0.1, 0.15) is 0 Å². The Kier molecular flexibility index (Phi) is 4.20.